The van der Waals surface area contributed by atoms with Gasteiger partial charge in [0.15, 0.2) is 0 Å². The Labute approximate surface area is 114 Å². The highest BCUT2D eigenvalue weighted by atomic mass is 32.1. The molecule has 2 N–H and O–H groups in total. The van der Waals surface area contributed by atoms with Crippen molar-refractivity contribution in [2.24, 2.45) is 5.41 Å². The van der Waals surface area contributed by atoms with Crippen LogP contribution < -0.4 is 10.6 Å². The van der Waals surface area contributed by atoms with Crippen molar-refractivity contribution in [3.63, 3.8) is 0 Å². The van der Waals surface area contributed by atoms with Crippen LogP contribution in [0, 0.1) is 12.3 Å². The molecule has 1 aliphatic rings. The maximum absolute atomic E-state index is 4.50. The van der Waals surface area contributed by atoms with Crippen molar-refractivity contribution < 1.29 is 0 Å². The van der Waals surface area contributed by atoms with Crippen LogP contribution in [0.2, 0.25) is 0 Å². The van der Waals surface area contributed by atoms with Crippen LogP contribution in [0.15, 0.2) is 5.38 Å². The Bertz CT molecular complexity index is 356. The second-order valence-corrected chi connectivity index (χ2v) is 6.48. The molecule has 1 aromatic heterocycles. The number of aromatic nitrogens is 1. The van der Waals surface area contributed by atoms with Gasteiger partial charge in [-0.25, -0.2) is 4.98 Å². The van der Waals surface area contributed by atoms with Crippen LogP contribution in [0.1, 0.15) is 36.9 Å². The molecule has 1 unspecified atom stereocenters. The summed E-state index contributed by atoms with van der Waals surface area (Å²) in [5.74, 6) is 0. The van der Waals surface area contributed by atoms with E-state index in [0.29, 0.717) is 5.41 Å². The lowest BCUT2D eigenvalue weighted by molar-refractivity contribution is 0.193. The average molecular weight is 267 g/mol. The number of thiazole rings is 1. The van der Waals surface area contributed by atoms with Gasteiger partial charge in [0.05, 0.1) is 10.7 Å². The van der Waals surface area contributed by atoms with Gasteiger partial charge in [0.25, 0.3) is 0 Å². The molecule has 2 rings (SSSR count). The first-order chi connectivity index (χ1) is 8.74. The lowest BCUT2D eigenvalue weighted by Gasteiger charge is -2.37. The topological polar surface area (TPSA) is 37.0 Å². The lowest BCUT2D eigenvalue weighted by Crippen LogP contribution is -2.46. The molecule has 18 heavy (non-hydrogen) atoms. The highest BCUT2D eigenvalue weighted by Gasteiger charge is 2.29. The van der Waals surface area contributed by atoms with Crippen LogP contribution in [0.4, 0.5) is 0 Å². The average Bonchev–Trinajstić information content (AvgIpc) is 2.82. The van der Waals surface area contributed by atoms with Gasteiger partial charge in [0, 0.05) is 31.4 Å². The van der Waals surface area contributed by atoms with Gasteiger partial charge >= 0.3 is 0 Å². The molecule has 0 radical (unpaired) electrons. The van der Waals surface area contributed by atoms with E-state index in [1.54, 1.807) is 11.3 Å². The lowest BCUT2D eigenvalue weighted by atomic mass is 9.78. The van der Waals surface area contributed by atoms with Gasteiger partial charge in [-0.3, -0.25) is 0 Å². The van der Waals surface area contributed by atoms with Crippen LogP contribution in [-0.2, 0) is 6.42 Å². The van der Waals surface area contributed by atoms with E-state index in [9.17, 15) is 0 Å². The fourth-order valence-corrected chi connectivity index (χ4v) is 3.35. The normalized spacial score (nSPS) is 24.3. The van der Waals surface area contributed by atoms with E-state index in [2.05, 4.69) is 34.8 Å². The fraction of sp³-hybridized carbons (Fsp3) is 0.786. The van der Waals surface area contributed by atoms with E-state index in [0.717, 1.165) is 19.5 Å². The van der Waals surface area contributed by atoms with Crippen LogP contribution >= 0.6 is 11.3 Å². The minimum absolute atomic E-state index is 0.482. The minimum Gasteiger partial charge on any atom is -0.316 e. The third-order valence-electron chi connectivity index (χ3n) is 4.04. The molecule has 1 fully saturated rings. The first-order valence-electron chi connectivity index (χ1n) is 7.06. The maximum Gasteiger partial charge on any atom is 0.0897 e. The smallest absolute Gasteiger partial charge is 0.0897 e. The second kappa shape index (κ2) is 6.64. The van der Waals surface area contributed by atoms with Crippen molar-refractivity contribution >= 4 is 11.3 Å². The molecule has 3 nitrogen and oxygen atoms in total. The predicted molar refractivity (Wildman–Crippen MR) is 78.3 cm³/mol. The standard InChI is InChI=1S/C14H25N3S/c1-3-14(6-4-7-15-10-14)11-16-8-5-13-9-18-12(2)17-13/h9,15-16H,3-8,10-11H2,1-2H3. The predicted octanol–water partition coefficient (Wildman–Crippen LogP) is 2.36. The SMILES string of the molecule is CCC1(CNCCc2csc(C)n2)CCCNC1. The first kappa shape index (κ1) is 14.0. The van der Waals surface area contributed by atoms with Gasteiger partial charge in [-0.2, -0.15) is 0 Å². The summed E-state index contributed by atoms with van der Waals surface area (Å²) in [6.07, 6.45) is 5.00. The summed E-state index contributed by atoms with van der Waals surface area (Å²) < 4.78 is 0. The Morgan fingerprint density at radius 3 is 3.06 bits per heavy atom. The summed E-state index contributed by atoms with van der Waals surface area (Å²) in [6, 6.07) is 0. The van der Waals surface area contributed by atoms with Crippen molar-refractivity contribution in [1.29, 1.82) is 0 Å². The van der Waals surface area contributed by atoms with E-state index in [1.165, 1.54) is 43.1 Å². The first-order valence-corrected chi connectivity index (χ1v) is 7.94. The van der Waals surface area contributed by atoms with Crippen molar-refractivity contribution in [1.82, 2.24) is 15.6 Å². The molecular weight excluding hydrogens is 242 g/mol. The van der Waals surface area contributed by atoms with Crippen LogP contribution in [0.25, 0.3) is 0 Å². The highest BCUT2D eigenvalue weighted by molar-refractivity contribution is 7.09. The Kier molecular flexibility index (Phi) is 5.15. The number of rotatable bonds is 6. The quantitative estimate of drug-likeness (QED) is 0.777. The highest BCUT2D eigenvalue weighted by Crippen LogP contribution is 2.28. The van der Waals surface area contributed by atoms with Crippen LogP contribution in [-0.4, -0.2) is 31.2 Å². The maximum atomic E-state index is 4.50. The van der Waals surface area contributed by atoms with Crippen molar-refractivity contribution in [2.75, 3.05) is 26.2 Å². The molecule has 102 valence electrons. The molecule has 0 spiro atoms. The number of hydrogen-bond donors (Lipinski definition) is 2. The van der Waals surface area contributed by atoms with Gasteiger partial charge in [0.1, 0.15) is 0 Å². The third kappa shape index (κ3) is 3.77. The van der Waals surface area contributed by atoms with Crippen LogP contribution in [0.5, 0.6) is 0 Å². The van der Waals surface area contributed by atoms with E-state index in [4.69, 9.17) is 0 Å². The number of nitrogens with zero attached hydrogens (tertiary/aromatic N) is 1. The third-order valence-corrected chi connectivity index (χ3v) is 4.86. The van der Waals surface area contributed by atoms with Crippen LogP contribution in [0.3, 0.4) is 0 Å². The van der Waals surface area contributed by atoms with E-state index in [-0.39, 0.29) is 0 Å². The molecule has 0 amide bonds. The second-order valence-electron chi connectivity index (χ2n) is 5.42. The monoisotopic (exact) mass is 267 g/mol. The van der Waals surface area contributed by atoms with E-state index >= 15 is 0 Å². The summed E-state index contributed by atoms with van der Waals surface area (Å²) in [6.45, 7) is 8.94. The number of nitrogens with one attached hydrogen (secondary N) is 2. The minimum atomic E-state index is 0.482. The molecular formula is C14H25N3S. The Morgan fingerprint density at radius 2 is 2.44 bits per heavy atom. The van der Waals surface area contributed by atoms with Crippen molar-refractivity contribution in [2.45, 2.75) is 39.5 Å². The van der Waals surface area contributed by atoms with Crippen molar-refractivity contribution in [3.05, 3.63) is 16.1 Å². The molecule has 1 aromatic rings. The van der Waals surface area contributed by atoms with E-state index < -0.39 is 0 Å². The zero-order chi connectivity index (χ0) is 12.8. The molecule has 1 aliphatic heterocycles. The number of hydrogen-bond acceptors (Lipinski definition) is 4. The fourth-order valence-electron chi connectivity index (χ4n) is 2.70. The zero-order valence-corrected chi connectivity index (χ0v) is 12.4. The summed E-state index contributed by atoms with van der Waals surface area (Å²) in [5.41, 5.74) is 1.72. The molecule has 4 heteroatoms. The summed E-state index contributed by atoms with van der Waals surface area (Å²) in [5, 5.41) is 10.5. The molecule has 0 saturated carbocycles. The Hall–Kier alpha value is -0.450. The Morgan fingerprint density at radius 1 is 1.56 bits per heavy atom. The van der Waals surface area contributed by atoms with Gasteiger partial charge in [-0.15, -0.1) is 11.3 Å². The Balaban J connectivity index is 1.70. The van der Waals surface area contributed by atoms with Crippen molar-refractivity contribution in [3.8, 4) is 0 Å². The summed E-state index contributed by atoms with van der Waals surface area (Å²) in [4.78, 5) is 4.50. The van der Waals surface area contributed by atoms with E-state index in [1.807, 2.05) is 0 Å². The molecule has 0 aliphatic carbocycles. The van der Waals surface area contributed by atoms with Gasteiger partial charge in [-0.05, 0) is 38.1 Å². The van der Waals surface area contributed by atoms with Gasteiger partial charge in [0.2, 0.25) is 0 Å². The van der Waals surface area contributed by atoms with Gasteiger partial charge < -0.3 is 10.6 Å². The summed E-state index contributed by atoms with van der Waals surface area (Å²) in [7, 11) is 0. The summed E-state index contributed by atoms with van der Waals surface area (Å²) >= 11 is 1.75. The molecule has 1 saturated heterocycles. The zero-order valence-electron chi connectivity index (χ0n) is 11.6. The molecule has 2 heterocycles. The number of aryl methyl sites for hydroxylation is 1. The molecule has 1 atom stereocenters. The number of piperidine rings is 1. The largest absolute Gasteiger partial charge is 0.316 e. The van der Waals surface area contributed by atoms with Gasteiger partial charge in [-0.1, -0.05) is 6.92 Å². The molecule has 0 bridgehead atoms. The molecule has 0 aromatic carbocycles.